The predicted molar refractivity (Wildman–Crippen MR) is 81.5 cm³/mol. The van der Waals surface area contributed by atoms with Crippen LogP contribution in [0.3, 0.4) is 0 Å². The first-order valence-electron chi connectivity index (χ1n) is 6.51. The number of nitrogens with zero attached hydrogens (tertiary/aromatic N) is 2. The monoisotopic (exact) mass is 320 g/mol. The summed E-state index contributed by atoms with van der Waals surface area (Å²) in [6, 6.07) is 8.45. The van der Waals surface area contributed by atoms with Gasteiger partial charge in [0.2, 0.25) is 0 Å². The third-order valence-electron chi connectivity index (χ3n) is 3.50. The van der Waals surface area contributed by atoms with Gasteiger partial charge in [0.15, 0.2) is 5.82 Å². The molecular weight excluding hydrogens is 304 g/mol. The Labute approximate surface area is 121 Å². The number of H-pyrrole nitrogens is 1. The second-order valence-electron chi connectivity index (χ2n) is 4.84. The molecule has 1 saturated heterocycles. The molecule has 0 saturated carbocycles. The third-order valence-corrected chi connectivity index (χ3v) is 3.99. The standard InChI is InChI=1S/C14H17BrN4/c1-10-2-3-11(15)8-12(10)13-9-14(18-17-13)19-6-4-16-5-7-19/h2-3,8-9,16H,4-7H2,1H3,(H,17,18). The summed E-state index contributed by atoms with van der Waals surface area (Å²) in [6.07, 6.45) is 0. The molecule has 2 N–H and O–H groups in total. The molecule has 1 aliphatic rings. The molecule has 2 heterocycles. The molecule has 4 nitrogen and oxygen atoms in total. The van der Waals surface area contributed by atoms with Crippen LogP contribution in [0.4, 0.5) is 5.82 Å². The highest BCUT2D eigenvalue weighted by Gasteiger charge is 2.14. The molecule has 5 heteroatoms. The SMILES string of the molecule is Cc1ccc(Br)cc1-c1cc(N2CCNCC2)n[nH]1. The number of benzene rings is 1. The van der Waals surface area contributed by atoms with Gasteiger partial charge in [-0.3, -0.25) is 5.10 Å². The minimum atomic E-state index is 1.02. The number of hydrogen-bond donors (Lipinski definition) is 2. The molecule has 1 aliphatic heterocycles. The van der Waals surface area contributed by atoms with Crippen LogP contribution in [0, 0.1) is 6.92 Å². The lowest BCUT2D eigenvalue weighted by atomic mass is 10.1. The second-order valence-corrected chi connectivity index (χ2v) is 5.75. The third kappa shape index (κ3) is 2.67. The van der Waals surface area contributed by atoms with Gasteiger partial charge in [0.1, 0.15) is 0 Å². The average Bonchev–Trinajstić information content (AvgIpc) is 2.92. The largest absolute Gasteiger partial charge is 0.353 e. The number of anilines is 1. The zero-order valence-electron chi connectivity index (χ0n) is 10.9. The van der Waals surface area contributed by atoms with E-state index >= 15 is 0 Å². The average molecular weight is 321 g/mol. The number of rotatable bonds is 2. The van der Waals surface area contributed by atoms with E-state index in [-0.39, 0.29) is 0 Å². The molecule has 0 radical (unpaired) electrons. The van der Waals surface area contributed by atoms with E-state index in [2.05, 4.69) is 67.5 Å². The maximum absolute atomic E-state index is 4.44. The van der Waals surface area contributed by atoms with Gasteiger partial charge < -0.3 is 10.2 Å². The minimum absolute atomic E-state index is 1.02. The molecule has 0 amide bonds. The van der Waals surface area contributed by atoms with Crippen molar-refractivity contribution in [3.8, 4) is 11.3 Å². The maximum atomic E-state index is 4.44. The highest BCUT2D eigenvalue weighted by atomic mass is 79.9. The molecule has 1 fully saturated rings. The lowest BCUT2D eigenvalue weighted by molar-refractivity contribution is 0.584. The second kappa shape index (κ2) is 5.35. The smallest absolute Gasteiger partial charge is 0.151 e. The van der Waals surface area contributed by atoms with Gasteiger partial charge in [-0.15, -0.1) is 0 Å². The summed E-state index contributed by atoms with van der Waals surface area (Å²) < 4.78 is 1.09. The van der Waals surface area contributed by atoms with Gasteiger partial charge in [-0.25, -0.2) is 0 Å². The van der Waals surface area contributed by atoms with Crippen molar-refractivity contribution in [2.75, 3.05) is 31.1 Å². The van der Waals surface area contributed by atoms with E-state index in [0.29, 0.717) is 0 Å². The zero-order valence-corrected chi connectivity index (χ0v) is 12.5. The quantitative estimate of drug-likeness (QED) is 0.893. The Balaban J connectivity index is 1.89. The summed E-state index contributed by atoms with van der Waals surface area (Å²) in [5.74, 6) is 1.04. The maximum Gasteiger partial charge on any atom is 0.151 e. The molecule has 0 unspecified atom stereocenters. The van der Waals surface area contributed by atoms with Crippen molar-refractivity contribution in [1.82, 2.24) is 15.5 Å². The zero-order chi connectivity index (χ0) is 13.2. The first-order valence-corrected chi connectivity index (χ1v) is 7.31. The van der Waals surface area contributed by atoms with Gasteiger partial charge in [0.25, 0.3) is 0 Å². The Morgan fingerprint density at radius 2 is 2.00 bits per heavy atom. The fourth-order valence-corrected chi connectivity index (χ4v) is 2.75. The number of hydrogen-bond acceptors (Lipinski definition) is 3. The van der Waals surface area contributed by atoms with Crippen LogP contribution >= 0.6 is 15.9 Å². The molecule has 0 bridgehead atoms. The number of nitrogens with one attached hydrogen (secondary N) is 2. The molecule has 0 spiro atoms. The van der Waals surface area contributed by atoms with Crippen molar-refractivity contribution < 1.29 is 0 Å². The van der Waals surface area contributed by atoms with E-state index in [4.69, 9.17) is 0 Å². The topological polar surface area (TPSA) is 44.0 Å². The summed E-state index contributed by atoms with van der Waals surface area (Å²) in [5.41, 5.74) is 3.52. The van der Waals surface area contributed by atoms with Crippen LogP contribution < -0.4 is 10.2 Å². The van der Waals surface area contributed by atoms with Crippen LogP contribution in [0.25, 0.3) is 11.3 Å². The molecule has 100 valence electrons. The highest BCUT2D eigenvalue weighted by molar-refractivity contribution is 9.10. The lowest BCUT2D eigenvalue weighted by Gasteiger charge is -2.26. The first kappa shape index (κ1) is 12.7. The molecule has 1 aromatic carbocycles. The fourth-order valence-electron chi connectivity index (χ4n) is 2.39. The van der Waals surface area contributed by atoms with Crippen LogP contribution in [-0.4, -0.2) is 36.4 Å². The van der Waals surface area contributed by atoms with Crippen LogP contribution in [-0.2, 0) is 0 Å². The van der Waals surface area contributed by atoms with Crippen molar-refractivity contribution in [3.05, 3.63) is 34.3 Å². The van der Waals surface area contributed by atoms with Gasteiger partial charge in [-0.1, -0.05) is 22.0 Å². The minimum Gasteiger partial charge on any atom is -0.353 e. The van der Waals surface area contributed by atoms with Crippen molar-refractivity contribution in [2.24, 2.45) is 0 Å². The Hall–Kier alpha value is -1.33. The molecule has 0 atom stereocenters. The predicted octanol–water partition coefficient (Wildman–Crippen LogP) is 2.56. The van der Waals surface area contributed by atoms with E-state index in [9.17, 15) is 0 Å². The Morgan fingerprint density at radius 1 is 1.21 bits per heavy atom. The highest BCUT2D eigenvalue weighted by Crippen LogP contribution is 2.27. The van der Waals surface area contributed by atoms with Crippen LogP contribution in [0.1, 0.15) is 5.56 Å². The van der Waals surface area contributed by atoms with E-state index < -0.39 is 0 Å². The summed E-state index contributed by atoms with van der Waals surface area (Å²) in [7, 11) is 0. The normalized spacial score (nSPS) is 15.8. The number of aromatic nitrogens is 2. The Morgan fingerprint density at radius 3 is 2.79 bits per heavy atom. The summed E-state index contributed by atoms with van der Waals surface area (Å²) in [5, 5.41) is 11.0. The summed E-state index contributed by atoms with van der Waals surface area (Å²) >= 11 is 3.52. The molecule has 1 aromatic heterocycles. The van der Waals surface area contributed by atoms with E-state index in [1.165, 1.54) is 11.1 Å². The first-order chi connectivity index (χ1) is 9.24. The van der Waals surface area contributed by atoms with Crippen molar-refractivity contribution in [2.45, 2.75) is 6.92 Å². The summed E-state index contributed by atoms with van der Waals surface area (Å²) in [6.45, 7) is 6.20. The van der Waals surface area contributed by atoms with Crippen LogP contribution in [0.2, 0.25) is 0 Å². The molecular formula is C14H17BrN4. The van der Waals surface area contributed by atoms with Crippen LogP contribution in [0.15, 0.2) is 28.7 Å². The van der Waals surface area contributed by atoms with Gasteiger partial charge in [0.05, 0.1) is 5.69 Å². The summed E-state index contributed by atoms with van der Waals surface area (Å²) in [4.78, 5) is 2.31. The van der Waals surface area contributed by atoms with E-state index in [0.717, 1.165) is 42.2 Å². The Bertz CT molecular complexity index is 573. The molecule has 19 heavy (non-hydrogen) atoms. The van der Waals surface area contributed by atoms with Gasteiger partial charge in [-0.05, 0) is 24.6 Å². The van der Waals surface area contributed by atoms with Gasteiger partial charge in [-0.2, -0.15) is 5.10 Å². The van der Waals surface area contributed by atoms with Crippen molar-refractivity contribution in [1.29, 1.82) is 0 Å². The van der Waals surface area contributed by atoms with E-state index in [1.54, 1.807) is 0 Å². The number of halogens is 1. The molecule has 2 aromatic rings. The van der Waals surface area contributed by atoms with E-state index in [1.807, 2.05) is 0 Å². The molecule has 3 rings (SSSR count). The number of aryl methyl sites for hydroxylation is 1. The Kier molecular flexibility index (Phi) is 3.57. The lowest BCUT2D eigenvalue weighted by Crippen LogP contribution is -2.43. The van der Waals surface area contributed by atoms with Gasteiger partial charge >= 0.3 is 0 Å². The number of aromatic amines is 1. The van der Waals surface area contributed by atoms with Gasteiger partial charge in [0, 0.05) is 42.3 Å². The van der Waals surface area contributed by atoms with Crippen LogP contribution in [0.5, 0.6) is 0 Å². The van der Waals surface area contributed by atoms with Crippen molar-refractivity contribution >= 4 is 21.7 Å². The molecule has 0 aliphatic carbocycles. The number of piperazine rings is 1. The fraction of sp³-hybridized carbons (Fsp3) is 0.357. The van der Waals surface area contributed by atoms with Crippen molar-refractivity contribution in [3.63, 3.8) is 0 Å².